The molecular weight excluding hydrogens is 284 g/mol. The molecule has 0 saturated heterocycles. The summed E-state index contributed by atoms with van der Waals surface area (Å²) in [5.74, 6) is 4.08. The van der Waals surface area contributed by atoms with Crippen molar-refractivity contribution < 1.29 is 9.90 Å². The fourth-order valence-electron chi connectivity index (χ4n) is 7.87. The van der Waals surface area contributed by atoms with E-state index in [0.717, 1.165) is 30.1 Å². The smallest absolute Gasteiger partial charge is 0.161 e. The van der Waals surface area contributed by atoms with Crippen LogP contribution in [-0.4, -0.2) is 17.0 Å². The molecule has 0 aliphatic heterocycles. The molecule has 0 amide bonds. The standard InChI is InChI=1S/C21H34O2/c1-4-13-6-8-16-15-7-5-14-11-18(22)19(23)12-21(14,3)17(15)9-10-20(13,16)2/h13-18,22H,4-12H2,1-3H3/t13-,14?,15-,16-,17-,18?,20+,21-/m0/s1. The van der Waals surface area contributed by atoms with E-state index in [2.05, 4.69) is 20.8 Å². The molecule has 2 heteroatoms. The molecule has 4 saturated carbocycles. The van der Waals surface area contributed by atoms with E-state index in [-0.39, 0.29) is 11.2 Å². The summed E-state index contributed by atoms with van der Waals surface area (Å²) in [6.07, 6.45) is 10.2. The Morgan fingerprint density at radius 1 is 1.04 bits per heavy atom. The van der Waals surface area contributed by atoms with E-state index in [1.165, 1.54) is 44.9 Å². The molecule has 0 radical (unpaired) electrons. The minimum absolute atomic E-state index is 0.121. The summed E-state index contributed by atoms with van der Waals surface area (Å²) in [4.78, 5) is 12.3. The number of hydrogen-bond donors (Lipinski definition) is 1. The van der Waals surface area contributed by atoms with Gasteiger partial charge in [0.1, 0.15) is 6.10 Å². The highest BCUT2D eigenvalue weighted by Gasteiger charge is 2.60. The number of aliphatic hydroxyl groups excluding tert-OH is 1. The monoisotopic (exact) mass is 318 g/mol. The molecule has 0 aromatic carbocycles. The number of aliphatic hydroxyl groups is 1. The topological polar surface area (TPSA) is 37.3 Å². The highest BCUT2D eigenvalue weighted by molar-refractivity contribution is 5.84. The van der Waals surface area contributed by atoms with Crippen LogP contribution in [0, 0.1) is 40.4 Å². The summed E-state index contributed by atoms with van der Waals surface area (Å²) in [6, 6.07) is 0. The van der Waals surface area contributed by atoms with Crippen molar-refractivity contribution in [1.82, 2.24) is 0 Å². The van der Waals surface area contributed by atoms with Crippen molar-refractivity contribution in [3.8, 4) is 0 Å². The van der Waals surface area contributed by atoms with Gasteiger partial charge in [0.15, 0.2) is 5.78 Å². The maximum atomic E-state index is 12.3. The van der Waals surface area contributed by atoms with Crippen molar-refractivity contribution in [2.45, 2.75) is 84.7 Å². The third-order valence-corrected chi connectivity index (χ3v) is 9.19. The SMILES string of the molecule is CC[C@H]1CC[C@H]2[C@@H]3CCC4CC(O)C(=O)C[C@]4(C)[C@H]3CC[C@]12C. The average Bonchev–Trinajstić information content (AvgIpc) is 2.85. The second kappa shape index (κ2) is 5.31. The Kier molecular flexibility index (Phi) is 3.72. The van der Waals surface area contributed by atoms with Gasteiger partial charge in [-0.3, -0.25) is 4.79 Å². The maximum absolute atomic E-state index is 12.3. The first-order valence-electron chi connectivity index (χ1n) is 10.1. The van der Waals surface area contributed by atoms with Gasteiger partial charge in [0.05, 0.1) is 0 Å². The summed E-state index contributed by atoms with van der Waals surface area (Å²) in [6.45, 7) is 7.36. The molecule has 0 aromatic rings. The molecule has 4 fully saturated rings. The number of ketones is 1. The molecule has 0 heterocycles. The van der Waals surface area contributed by atoms with Gasteiger partial charge in [-0.15, -0.1) is 0 Å². The first-order valence-corrected chi connectivity index (χ1v) is 10.1. The normalized spacial score (nSPS) is 55.9. The fraction of sp³-hybridized carbons (Fsp3) is 0.952. The van der Waals surface area contributed by atoms with Crippen LogP contribution >= 0.6 is 0 Å². The van der Waals surface area contributed by atoms with E-state index in [0.29, 0.717) is 17.8 Å². The lowest BCUT2D eigenvalue weighted by atomic mass is 9.44. The molecule has 2 nitrogen and oxygen atoms in total. The van der Waals surface area contributed by atoms with Crippen molar-refractivity contribution in [1.29, 1.82) is 0 Å². The Balaban J connectivity index is 1.63. The molecule has 130 valence electrons. The predicted octanol–water partition coefficient (Wildman–Crippen LogP) is 4.60. The number of carbonyl (C=O) groups is 1. The van der Waals surface area contributed by atoms with Gasteiger partial charge in [0.2, 0.25) is 0 Å². The molecule has 0 bridgehead atoms. The Morgan fingerprint density at radius 2 is 1.78 bits per heavy atom. The molecule has 23 heavy (non-hydrogen) atoms. The zero-order valence-electron chi connectivity index (χ0n) is 15.2. The van der Waals surface area contributed by atoms with Crippen molar-refractivity contribution in [3.63, 3.8) is 0 Å². The van der Waals surface area contributed by atoms with Crippen molar-refractivity contribution in [2.24, 2.45) is 40.4 Å². The van der Waals surface area contributed by atoms with Crippen LogP contribution in [0.25, 0.3) is 0 Å². The highest BCUT2D eigenvalue weighted by atomic mass is 16.3. The summed E-state index contributed by atoms with van der Waals surface area (Å²) in [5.41, 5.74) is 0.738. The molecule has 2 unspecified atom stereocenters. The highest BCUT2D eigenvalue weighted by Crippen LogP contribution is 2.67. The minimum atomic E-state index is -0.672. The van der Waals surface area contributed by atoms with E-state index >= 15 is 0 Å². The molecule has 0 spiro atoms. The van der Waals surface area contributed by atoms with Gasteiger partial charge < -0.3 is 5.11 Å². The van der Waals surface area contributed by atoms with E-state index in [9.17, 15) is 9.90 Å². The first-order chi connectivity index (χ1) is 10.9. The van der Waals surface area contributed by atoms with Crippen LogP contribution in [0.1, 0.15) is 78.6 Å². The zero-order chi connectivity index (χ0) is 16.4. The zero-order valence-corrected chi connectivity index (χ0v) is 15.2. The van der Waals surface area contributed by atoms with Crippen LogP contribution < -0.4 is 0 Å². The second-order valence-corrected chi connectivity index (χ2v) is 9.78. The van der Waals surface area contributed by atoms with Crippen molar-refractivity contribution in [2.75, 3.05) is 0 Å². The maximum Gasteiger partial charge on any atom is 0.161 e. The number of carbonyl (C=O) groups excluding carboxylic acids is 1. The Labute approximate surface area is 141 Å². The number of fused-ring (bicyclic) bond motifs is 5. The van der Waals surface area contributed by atoms with Crippen LogP contribution in [0.5, 0.6) is 0 Å². The summed E-state index contributed by atoms with van der Waals surface area (Å²) in [5, 5.41) is 10.0. The van der Waals surface area contributed by atoms with Crippen LogP contribution in [0.3, 0.4) is 0 Å². The van der Waals surface area contributed by atoms with Gasteiger partial charge >= 0.3 is 0 Å². The van der Waals surface area contributed by atoms with Crippen LogP contribution in [-0.2, 0) is 4.79 Å². The third-order valence-electron chi connectivity index (χ3n) is 9.19. The Morgan fingerprint density at radius 3 is 2.52 bits per heavy atom. The number of Topliss-reactive ketones (excluding diaryl/α,β-unsaturated/α-hetero) is 1. The predicted molar refractivity (Wildman–Crippen MR) is 91.9 cm³/mol. The van der Waals surface area contributed by atoms with E-state index < -0.39 is 6.10 Å². The quantitative estimate of drug-likeness (QED) is 0.767. The molecule has 4 aliphatic carbocycles. The summed E-state index contributed by atoms with van der Waals surface area (Å²) in [7, 11) is 0. The van der Waals surface area contributed by atoms with Gasteiger partial charge in [-0.05, 0) is 85.4 Å². The lowest BCUT2D eigenvalue weighted by Crippen LogP contribution is -2.55. The third kappa shape index (κ3) is 2.12. The van der Waals surface area contributed by atoms with Crippen molar-refractivity contribution >= 4 is 5.78 Å². The number of rotatable bonds is 1. The second-order valence-electron chi connectivity index (χ2n) is 9.78. The van der Waals surface area contributed by atoms with Gasteiger partial charge in [-0.2, -0.15) is 0 Å². The Hall–Kier alpha value is -0.370. The van der Waals surface area contributed by atoms with Gasteiger partial charge in [-0.1, -0.05) is 27.2 Å². The van der Waals surface area contributed by atoms with Crippen molar-refractivity contribution in [3.05, 3.63) is 0 Å². The van der Waals surface area contributed by atoms with Crippen LogP contribution in [0.2, 0.25) is 0 Å². The first kappa shape index (κ1) is 16.1. The molecule has 8 atom stereocenters. The molecule has 1 N–H and O–H groups in total. The van der Waals surface area contributed by atoms with Crippen LogP contribution in [0.15, 0.2) is 0 Å². The lowest BCUT2D eigenvalue weighted by Gasteiger charge is -2.60. The summed E-state index contributed by atoms with van der Waals surface area (Å²) < 4.78 is 0. The lowest BCUT2D eigenvalue weighted by molar-refractivity contribution is -0.154. The molecular formula is C21H34O2. The summed E-state index contributed by atoms with van der Waals surface area (Å²) >= 11 is 0. The van der Waals surface area contributed by atoms with E-state index in [4.69, 9.17) is 0 Å². The van der Waals surface area contributed by atoms with Crippen LogP contribution in [0.4, 0.5) is 0 Å². The average molecular weight is 319 g/mol. The fourth-order valence-corrected chi connectivity index (χ4v) is 7.87. The van der Waals surface area contributed by atoms with Gasteiger partial charge in [0.25, 0.3) is 0 Å². The van der Waals surface area contributed by atoms with Gasteiger partial charge in [0, 0.05) is 6.42 Å². The minimum Gasteiger partial charge on any atom is -0.385 e. The number of hydrogen-bond acceptors (Lipinski definition) is 2. The van der Waals surface area contributed by atoms with E-state index in [1.54, 1.807) is 0 Å². The van der Waals surface area contributed by atoms with Gasteiger partial charge in [-0.25, -0.2) is 0 Å². The Bertz CT molecular complexity index is 500. The molecule has 4 aliphatic rings. The molecule has 0 aromatic heterocycles. The van der Waals surface area contributed by atoms with E-state index in [1.807, 2.05) is 0 Å². The molecule has 4 rings (SSSR count). The largest absolute Gasteiger partial charge is 0.385 e.